The second kappa shape index (κ2) is 14.4. The highest BCUT2D eigenvalue weighted by Gasteiger charge is 2.39. The number of unbranched alkanes of at least 4 members (excludes halogenated alkanes) is 3. The van der Waals surface area contributed by atoms with Crippen molar-refractivity contribution in [1.82, 2.24) is 0 Å². The second-order valence-electron chi connectivity index (χ2n) is 11.8. The van der Waals surface area contributed by atoms with Crippen molar-refractivity contribution < 1.29 is 40.6 Å². The van der Waals surface area contributed by atoms with Crippen LogP contribution in [0.1, 0.15) is 91.7 Å². The molecule has 6 nitrogen and oxygen atoms in total. The zero-order valence-corrected chi connectivity index (χ0v) is 25.1. The van der Waals surface area contributed by atoms with E-state index in [1.54, 1.807) is 13.0 Å². The van der Waals surface area contributed by atoms with E-state index in [1.807, 2.05) is 41.5 Å². The van der Waals surface area contributed by atoms with Crippen LogP contribution < -0.4 is 4.74 Å². The number of rotatable bonds is 15. The van der Waals surface area contributed by atoms with E-state index in [2.05, 4.69) is 4.99 Å². The highest BCUT2D eigenvalue weighted by atomic mass is 31.2. The van der Waals surface area contributed by atoms with E-state index in [9.17, 15) is 17.6 Å². The van der Waals surface area contributed by atoms with Crippen LogP contribution in [0, 0.1) is 0 Å². The maximum atomic E-state index is 13.8. The summed E-state index contributed by atoms with van der Waals surface area (Å²) < 4.78 is 83.0. The fourth-order valence-corrected chi connectivity index (χ4v) is 5.18. The first-order valence-electron chi connectivity index (χ1n) is 13.4. The third kappa shape index (κ3) is 12.7. The number of ether oxygens (including phenoxy) is 2. The topological polar surface area (TPSA) is 58.5 Å². The van der Waals surface area contributed by atoms with Crippen LogP contribution in [0.5, 0.6) is 5.75 Å². The molecule has 1 aliphatic heterocycles. The minimum atomic E-state index is -4.56. The molecule has 0 saturated carbocycles. The maximum Gasteiger partial charge on any atom is 0.419 e. The molecule has 1 aromatic rings. The van der Waals surface area contributed by atoms with Gasteiger partial charge in [0.2, 0.25) is 0 Å². The largest absolute Gasteiger partial charge is 0.493 e. The van der Waals surface area contributed by atoms with E-state index in [0.29, 0.717) is 50.0 Å². The molecule has 11 heteroatoms. The van der Waals surface area contributed by atoms with Crippen molar-refractivity contribution in [3.63, 3.8) is 0 Å². The number of alkyl halides is 4. The average Bonchev–Trinajstić information content (AvgIpc) is 3.17. The molecule has 0 radical (unpaired) electrons. The van der Waals surface area contributed by atoms with Gasteiger partial charge in [0, 0.05) is 6.92 Å². The molecule has 1 heterocycles. The molecule has 224 valence electrons. The summed E-state index contributed by atoms with van der Waals surface area (Å²) in [6.07, 6.45) is -1.40. The summed E-state index contributed by atoms with van der Waals surface area (Å²) in [4.78, 5) is 4.66. The van der Waals surface area contributed by atoms with Gasteiger partial charge in [-0.05, 0) is 91.3 Å². The highest BCUT2D eigenvalue weighted by molar-refractivity contribution is 7.41. The minimum Gasteiger partial charge on any atom is -0.493 e. The van der Waals surface area contributed by atoms with Gasteiger partial charge in [-0.3, -0.25) is 4.39 Å². The minimum absolute atomic E-state index is 0.137. The quantitative estimate of drug-likeness (QED) is 0.118. The van der Waals surface area contributed by atoms with E-state index in [1.165, 1.54) is 6.07 Å². The Bertz CT molecular complexity index is 914. The normalized spacial score (nSPS) is 18.4. The number of hydrogen-bond acceptors (Lipinski definition) is 6. The predicted molar refractivity (Wildman–Crippen MR) is 146 cm³/mol. The molecule has 1 unspecified atom stereocenters. The zero-order chi connectivity index (χ0) is 29.3. The van der Waals surface area contributed by atoms with Crippen molar-refractivity contribution in [2.45, 2.75) is 110 Å². The van der Waals surface area contributed by atoms with Crippen LogP contribution in [-0.2, 0) is 30.9 Å². The van der Waals surface area contributed by atoms with Gasteiger partial charge in [0.05, 0.1) is 36.7 Å². The van der Waals surface area contributed by atoms with Gasteiger partial charge in [-0.15, -0.1) is 0 Å². The summed E-state index contributed by atoms with van der Waals surface area (Å²) in [5.74, 6) is 0.305. The predicted octanol–water partition coefficient (Wildman–Crippen LogP) is 8.61. The van der Waals surface area contributed by atoms with Gasteiger partial charge < -0.3 is 23.0 Å². The Kier molecular flexibility index (Phi) is 12.5. The lowest BCUT2D eigenvalue weighted by Crippen LogP contribution is -2.35. The number of aliphatic imine (C=N–C) groups is 1. The average molecular weight is 582 g/mol. The third-order valence-electron chi connectivity index (χ3n) is 5.59. The molecule has 0 aromatic heterocycles. The van der Waals surface area contributed by atoms with Crippen molar-refractivity contribution in [3.8, 4) is 5.75 Å². The molecule has 0 spiro atoms. The summed E-state index contributed by atoms with van der Waals surface area (Å²) in [6.45, 7) is 13.4. The molecule has 0 aliphatic carbocycles. The number of nitrogens with zero attached hydrogens (tertiary/aromatic N) is 1. The Morgan fingerprint density at radius 1 is 0.974 bits per heavy atom. The Morgan fingerprint density at radius 3 is 2.15 bits per heavy atom. The SMILES string of the molecule is CC1=NC(CCc2ccc(OCCCCCCF)c(C(F)(F)F)c2)(COP(OC(C)(C)C)OC(C)(C)C)CO1. The van der Waals surface area contributed by atoms with Crippen LogP contribution >= 0.6 is 8.60 Å². The third-order valence-corrected chi connectivity index (χ3v) is 7.33. The van der Waals surface area contributed by atoms with Crippen molar-refractivity contribution in [2.24, 2.45) is 4.99 Å². The monoisotopic (exact) mass is 581 g/mol. The van der Waals surface area contributed by atoms with Crippen LogP contribution in [-0.4, -0.2) is 49.1 Å². The van der Waals surface area contributed by atoms with Gasteiger partial charge in [-0.2, -0.15) is 13.2 Å². The molecule has 0 bridgehead atoms. The van der Waals surface area contributed by atoms with Gasteiger partial charge in [-0.25, -0.2) is 4.99 Å². The molecule has 1 aromatic carbocycles. The lowest BCUT2D eigenvalue weighted by atomic mass is 9.93. The Morgan fingerprint density at radius 2 is 1.62 bits per heavy atom. The van der Waals surface area contributed by atoms with Crippen molar-refractivity contribution in [2.75, 3.05) is 26.5 Å². The molecular weight excluding hydrogens is 537 g/mol. The van der Waals surface area contributed by atoms with E-state index in [4.69, 9.17) is 23.0 Å². The van der Waals surface area contributed by atoms with E-state index < -0.39 is 37.1 Å². The molecule has 0 N–H and O–H groups in total. The standard InChI is InChI=1S/C28H44F4NO5P/c1-21-33-27(19-35-21,20-36-39(37-25(2,3)4)38-26(5,6)7)15-14-22-12-13-24(23(18-22)28(30,31)32)34-17-11-9-8-10-16-29/h12-13,18H,8-11,14-17,19-20H2,1-7H3. The van der Waals surface area contributed by atoms with Crippen LogP contribution in [0.25, 0.3) is 0 Å². The number of halogens is 4. The molecule has 2 rings (SSSR count). The van der Waals surface area contributed by atoms with Crippen LogP contribution in [0.3, 0.4) is 0 Å². The van der Waals surface area contributed by atoms with E-state index in [0.717, 1.165) is 6.07 Å². The van der Waals surface area contributed by atoms with Crippen molar-refractivity contribution in [1.29, 1.82) is 0 Å². The number of benzene rings is 1. The molecule has 1 aliphatic rings. The van der Waals surface area contributed by atoms with Gasteiger partial charge in [0.15, 0.2) is 5.90 Å². The Balaban J connectivity index is 2.11. The number of aryl methyl sites for hydroxylation is 1. The Labute approximate surface area is 231 Å². The number of hydrogen-bond donors (Lipinski definition) is 0. The summed E-state index contributed by atoms with van der Waals surface area (Å²) >= 11 is 0. The molecule has 39 heavy (non-hydrogen) atoms. The first kappa shape index (κ1) is 33.7. The van der Waals surface area contributed by atoms with E-state index in [-0.39, 0.29) is 32.2 Å². The first-order chi connectivity index (χ1) is 18.0. The summed E-state index contributed by atoms with van der Waals surface area (Å²) in [5.41, 5.74) is -2.07. The summed E-state index contributed by atoms with van der Waals surface area (Å²) in [5, 5.41) is 0. The first-order valence-corrected chi connectivity index (χ1v) is 14.5. The van der Waals surface area contributed by atoms with Gasteiger partial charge in [-0.1, -0.05) is 12.5 Å². The smallest absolute Gasteiger partial charge is 0.419 e. The van der Waals surface area contributed by atoms with Gasteiger partial charge in [0.1, 0.15) is 17.9 Å². The molecular formula is C28H44F4NO5P. The van der Waals surface area contributed by atoms with Gasteiger partial charge in [0.25, 0.3) is 0 Å². The van der Waals surface area contributed by atoms with Crippen LogP contribution in [0.2, 0.25) is 0 Å². The highest BCUT2D eigenvalue weighted by Crippen LogP contribution is 2.48. The maximum absolute atomic E-state index is 13.8. The lowest BCUT2D eigenvalue weighted by molar-refractivity contribution is -0.139. The molecule has 0 fully saturated rings. The van der Waals surface area contributed by atoms with Crippen molar-refractivity contribution in [3.05, 3.63) is 29.3 Å². The Hall–Kier alpha value is -1.48. The zero-order valence-electron chi connectivity index (χ0n) is 24.3. The van der Waals surface area contributed by atoms with Crippen LogP contribution in [0.4, 0.5) is 17.6 Å². The van der Waals surface area contributed by atoms with Crippen LogP contribution in [0.15, 0.2) is 23.2 Å². The fraction of sp³-hybridized carbons (Fsp3) is 0.750. The van der Waals surface area contributed by atoms with E-state index >= 15 is 0 Å². The van der Waals surface area contributed by atoms with Gasteiger partial charge >= 0.3 is 14.8 Å². The molecule has 0 saturated heterocycles. The molecule has 1 atom stereocenters. The lowest BCUT2D eigenvalue weighted by Gasteiger charge is -2.32. The summed E-state index contributed by atoms with van der Waals surface area (Å²) in [6, 6.07) is 4.15. The fourth-order valence-electron chi connectivity index (χ4n) is 3.79. The summed E-state index contributed by atoms with van der Waals surface area (Å²) in [7, 11) is -1.71. The molecule has 0 amide bonds. The second-order valence-corrected chi connectivity index (χ2v) is 12.9. The van der Waals surface area contributed by atoms with Crippen molar-refractivity contribution >= 4 is 14.5 Å².